The molecule has 1 aromatic heterocycles. The van der Waals surface area contributed by atoms with Gasteiger partial charge >= 0.3 is 0 Å². The molecule has 0 N–H and O–H groups in total. The minimum Gasteiger partial charge on any atom is -0.256 e. The third-order valence-electron chi connectivity index (χ3n) is 1.67. The number of pyridine rings is 1. The van der Waals surface area contributed by atoms with Crippen molar-refractivity contribution in [2.45, 2.75) is 0 Å². The van der Waals surface area contributed by atoms with Crippen molar-refractivity contribution in [3.8, 4) is 0 Å². The molecule has 1 heterocycles. The van der Waals surface area contributed by atoms with Crippen LogP contribution in [0, 0.1) is 0 Å². The fraction of sp³-hybridized carbons (Fsp3) is 0. The van der Waals surface area contributed by atoms with Crippen molar-refractivity contribution in [3.63, 3.8) is 0 Å². The first kappa shape index (κ1) is 8.02. The van der Waals surface area contributed by atoms with E-state index in [0.29, 0.717) is 0 Å². The Morgan fingerprint density at radius 1 is 1.25 bits per heavy atom. The van der Waals surface area contributed by atoms with Gasteiger partial charge in [0.05, 0.1) is 10.5 Å². The van der Waals surface area contributed by atoms with E-state index in [1.54, 1.807) is 6.20 Å². The molecule has 1 nitrogen and oxygen atoms in total. The minimum atomic E-state index is 0.723. The lowest BCUT2D eigenvalue weighted by atomic mass is 10.2. The second-order valence-electron chi connectivity index (χ2n) is 2.43. The van der Waals surface area contributed by atoms with Crippen molar-refractivity contribution < 1.29 is 0 Å². The molecule has 0 spiro atoms. The average molecular weight is 243 g/mol. The van der Waals surface area contributed by atoms with E-state index in [1.165, 1.54) is 0 Å². The summed E-state index contributed by atoms with van der Waals surface area (Å²) in [6, 6.07) is 7.67. The number of rotatable bonds is 0. The molecule has 0 unspecified atom stereocenters. The molecule has 0 amide bonds. The summed E-state index contributed by atoms with van der Waals surface area (Å²) < 4.78 is 0.907. The van der Waals surface area contributed by atoms with Crippen molar-refractivity contribution in [2.75, 3.05) is 0 Å². The Hall–Kier alpha value is -0.600. The largest absolute Gasteiger partial charge is 0.256 e. The maximum atomic E-state index is 6.04. The first-order valence-electron chi connectivity index (χ1n) is 3.48. The van der Waals surface area contributed by atoms with E-state index in [4.69, 9.17) is 11.6 Å². The van der Waals surface area contributed by atoms with Crippen LogP contribution < -0.4 is 0 Å². The van der Waals surface area contributed by atoms with Gasteiger partial charge in [-0.1, -0.05) is 11.6 Å². The molecule has 60 valence electrons. The standard InChI is InChI=1S/C9H5BrClN/c10-7-3-4-8-6(9(7)11)2-1-5-12-8/h1-5H. The summed E-state index contributed by atoms with van der Waals surface area (Å²) in [7, 11) is 0. The highest BCUT2D eigenvalue weighted by Crippen LogP contribution is 2.29. The zero-order valence-electron chi connectivity index (χ0n) is 6.09. The van der Waals surface area contributed by atoms with Crippen molar-refractivity contribution in [2.24, 2.45) is 0 Å². The molecule has 12 heavy (non-hydrogen) atoms. The maximum absolute atomic E-state index is 6.04. The summed E-state index contributed by atoms with van der Waals surface area (Å²) in [4.78, 5) is 4.18. The molecule has 0 aliphatic rings. The monoisotopic (exact) mass is 241 g/mol. The lowest BCUT2D eigenvalue weighted by molar-refractivity contribution is 1.41. The Morgan fingerprint density at radius 2 is 2.08 bits per heavy atom. The fourth-order valence-electron chi connectivity index (χ4n) is 1.09. The SMILES string of the molecule is Clc1c(Br)ccc2ncccc12. The molecule has 0 aliphatic carbocycles. The Bertz CT molecular complexity index is 428. The van der Waals surface area contributed by atoms with Gasteiger partial charge in [-0.2, -0.15) is 0 Å². The van der Waals surface area contributed by atoms with Crippen LogP contribution in [-0.4, -0.2) is 4.98 Å². The van der Waals surface area contributed by atoms with Gasteiger partial charge in [-0.05, 0) is 40.2 Å². The molecular formula is C9H5BrClN. The first-order chi connectivity index (χ1) is 5.79. The summed E-state index contributed by atoms with van der Waals surface area (Å²) in [6.45, 7) is 0. The summed E-state index contributed by atoms with van der Waals surface area (Å²) in [5.41, 5.74) is 0.922. The van der Waals surface area contributed by atoms with Crippen LogP contribution in [0.3, 0.4) is 0 Å². The first-order valence-corrected chi connectivity index (χ1v) is 4.65. The van der Waals surface area contributed by atoms with Crippen molar-refractivity contribution in [1.82, 2.24) is 4.98 Å². The van der Waals surface area contributed by atoms with Gasteiger partial charge in [0.1, 0.15) is 0 Å². The van der Waals surface area contributed by atoms with E-state index in [1.807, 2.05) is 24.3 Å². The zero-order chi connectivity index (χ0) is 8.55. The summed E-state index contributed by atoms with van der Waals surface area (Å²) in [6.07, 6.45) is 1.76. The van der Waals surface area contributed by atoms with Crippen LogP contribution in [-0.2, 0) is 0 Å². The highest BCUT2D eigenvalue weighted by atomic mass is 79.9. The topological polar surface area (TPSA) is 12.9 Å². The average Bonchev–Trinajstić information content (AvgIpc) is 2.12. The number of halogens is 2. The van der Waals surface area contributed by atoms with Gasteiger partial charge in [0.15, 0.2) is 0 Å². The van der Waals surface area contributed by atoms with E-state index in [2.05, 4.69) is 20.9 Å². The highest BCUT2D eigenvalue weighted by molar-refractivity contribution is 9.10. The molecular weight excluding hydrogens is 237 g/mol. The molecule has 2 rings (SSSR count). The van der Waals surface area contributed by atoms with E-state index < -0.39 is 0 Å². The number of benzene rings is 1. The predicted molar refractivity (Wildman–Crippen MR) is 54.5 cm³/mol. The third kappa shape index (κ3) is 1.21. The van der Waals surface area contributed by atoms with Gasteiger partial charge < -0.3 is 0 Å². The molecule has 0 bridgehead atoms. The van der Waals surface area contributed by atoms with Crippen LogP contribution in [0.2, 0.25) is 5.02 Å². The Balaban J connectivity index is 2.91. The number of aromatic nitrogens is 1. The number of hydrogen-bond acceptors (Lipinski definition) is 1. The number of nitrogens with zero attached hydrogens (tertiary/aromatic N) is 1. The molecule has 0 saturated carbocycles. The lowest BCUT2D eigenvalue weighted by Crippen LogP contribution is -1.78. The summed E-state index contributed by atoms with van der Waals surface area (Å²) in [5, 5.41) is 1.70. The number of fused-ring (bicyclic) bond motifs is 1. The molecule has 2 aromatic rings. The van der Waals surface area contributed by atoms with Gasteiger partial charge in [0, 0.05) is 16.1 Å². The van der Waals surface area contributed by atoms with Crippen LogP contribution in [0.5, 0.6) is 0 Å². The lowest BCUT2D eigenvalue weighted by Gasteiger charge is -2.00. The summed E-state index contributed by atoms with van der Waals surface area (Å²) in [5.74, 6) is 0. The predicted octanol–water partition coefficient (Wildman–Crippen LogP) is 3.65. The van der Waals surface area contributed by atoms with Crippen LogP contribution in [0.15, 0.2) is 34.9 Å². The van der Waals surface area contributed by atoms with Crippen LogP contribution in [0.1, 0.15) is 0 Å². The third-order valence-corrected chi connectivity index (χ3v) is 2.97. The molecule has 1 aromatic carbocycles. The Kier molecular flexibility index (Phi) is 2.03. The summed E-state index contributed by atoms with van der Waals surface area (Å²) >= 11 is 9.40. The normalized spacial score (nSPS) is 10.5. The fourth-order valence-corrected chi connectivity index (χ4v) is 1.66. The van der Waals surface area contributed by atoms with E-state index in [-0.39, 0.29) is 0 Å². The van der Waals surface area contributed by atoms with Crippen LogP contribution in [0.25, 0.3) is 10.9 Å². The van der Waals surface area contributed by atoms with Crippen LogP contribution >= 0.6 is 27.5 Å². The van der Waals surface area contributed by atoms with E-state index in [9.17, 15) is 0 Å². The molecule has 0 saturated heterocycles. The van der Waals surface area contributed by atoms with Crippen molar-refractivity contribution in [1.29, 1.82) is 0 Å². The van der Waals surface area contributed by atoms with Gasteiger partial charge in [-0.15, -0.1) is 0 Å². The molecule has 0 radical (unpaired) electrons. The molecule has 0 aliphatic heterocycles. The second kappa shape index (κ2) is 3.04. The van der Waals surface area contributed by atoms with Gasteiger partial charge in [-0.25, -0.2) is 0 Å². The Morgan fingerprint density at radius 3 is 2.92 bits per heavy atom. The Labute approximate surface area is 83.5 Å². The maximum Gasteiger partial charge on any atom is 0.0717 e. The highest BCUT2D eigenvalue weighted by Gasteiger charge is 2.01. The van der Waals surface area contributed by atoms with E-state index in [0.717, 1.165) is 20.4 Å². The van der Waals surface area contributed by atoms with Crippen molar-refractivity contribution >= 4 is 38.4 Å². The zero-order valence-corrected chi connectivity index (χ0v) is 8.43. The minimum absolute atomic E-state index is 0.723. The van der Waals surface area contributed by atoms with Gasteiger partial charge in [0.25, 0.3) is 0 Å². The molecule has 0 atom stereocenters. The smallest absolute Gasteiger partial charge is 0.0717 e. The molecule has 0 fully saturated rings. The van der Waals surface area contributed by atoms with E-state index >= 15 is 0 Å². The quantitative estimate of drug-likeness (QED) is 0.687. The van der Waals surface area contributed by atoms with Crippen molar-refractivity contribution in [3.05, 3.63) is 40.0 Å². The number of hydrogen-bond donors (Lipinski definition) is 0. The molecule has 3 heteroatoms. The second-order valence-corrected chi connectivity index (χ2v) is 3.66. The van der Waals surface area contributed by atoms with Gasteiger partial charge in [-0.3, -0.25) is 4.98 Å². The van der Waals surface area contributed by atoms with Gasteiger partial charge in [0.2, 0.25) is 0 Å². The van der Waals surface area contributed by atoms with Crippen LogP contribution in [0.4, 0.5) is 0 Å².